The standard InChI is InChI=1S/C19H20N2O3/c1-13-2-5-16(6-3-13)20-19(22)21-9-8-15(11-21)14-4-7-17-18(10-14)24-12-23-17/h2-7,10,15H,8-9,11-12H2,1H3,(H,20,22). The molecule has 1 fully saturated rings. The van der Waals surface area contributed by atoms with Gasteiger partial charge in [0.15, 0.2) is 11.5 Å². The Morgan fingerprint density at radius 1 is 1.12 bits per heavy atom. The van der Waals surface area contributed by atoms with E-state index in [1.165, 1.54) is 11.1 Å². The number of hydrogen-bond donors (Lipinski definition) is 1. The Morgan fingerprint density at radius 3 is 2.75 bits per heavy atom. The van der Waals surface area contributed by atoms with E-state index in [1.54, 1.807) is 0 Å². The molecule has 2 aromatic carbocycles. The number of likely N-dealkylation sites (tertiary alicyclic amines) is 1. The molecule has 0 aliphatic carbocycles. The molecule has 0 saturated carbocycles. The zero-order valence-electron chi connectivity index (χ0n) is 13.6. The molecule has 0 radical (unpaired) electrons. The van der Waals surface area contributed by atoms with Gasteiger partial charge in [0.05, 0.1) is 0 Å². The largest absolute Gasteiger partial charge is 0.454 e. The molecule has 5 nitrogen and oxygen atoms in total. The van der Waals surface area contributed by atoms with Crippen molar-refractivity contribution in [1.82, 2.24) is 4.90 Å². The van der Waals surface area contributed by atoms with Crippen LogP contribution < -0.4 is 14.8 Å². The summed E-state index contributed by atoms with van der Waals surface area (Å²) in [4.78, 5) is 14.3. The fourth-order valence-corrected chi connectivity index (χ4v) is 3.22. The minimum atomic E-state index is -0.0397. The fourth-order valence-electron chi connectivity index (χ4n) is 3.22. The van der Waals surface area contributed by atoms with Crippen LogP contribution in [0, 0.1) is 6.92 Å². The van der Waals surface area contributed by atoms with Gasteiger partial charge in [-0.2, -0.15) is 0 Å². The van der Waals surface area contributed by atoms with Gasteiger partial charge in [-0.05, 0) is 43.2 Å². The van der Waals surface area contributed by atoms with Gasteiger partial charge in [0.2, 0.25) is 6.79 Å². The molecule has 0 spiro atoms. The first kappa shape index (κ1) is 14.9. The number of rotatable bonds is 2. The van der Waals surface area contributed by atoms with Crippen molar-refractivity contribution in [2.45, 2.75) is 19.3 Å². The molecule has 5 heteroatoms. The molecule has 1 atom stereocenters. The minimum absolute atomic E-state index is 0.0397. The number of fused-ring (bicyclic) bond motifs is 1. The summed E-state index contributed by atoms with van der Waals surface area (Å²) in [5, 5.41) is 2.97. The number of nitrogens with one attached hydrogen (secondary N) is 1. The van der Waals surface area contributed by atoms with Crippen LogP contribution in [0.5, 0.6) is 11.5 Å². The minimum Gasteiger partial charge on any atom is -0.454 e. The zero-order valence-corrected chi connectivity index (χ0v) is 13.6. The Labute approximate surface area is 141 Å². The third kappa shape index (κ3) is 2.89. The summed E-state index contributed by atoms with van der Waals surface area (Å²) in [6, 6.07) is 13.9. The van der Waals surface area contributed by atoms with E-state index in [1.807, 2.05) is 48.2 Å². The number of hydrogen-bond acceptors (Lipinski definition) is 3. The van der Waals surface area contributed by atoms with Crippen LogP contribution in [0.1, 0.15) is 23.5 Å². The van der Waals surface area contributed by atoms with E-state index in [0.29, 0.717) is 5.92 Å². The van der Waals surface area contributed by atoms with Crippen molar-refractivity contribution in [3.8, 4) is 11.5 Å². The quantitative estimate of drug-likeness (QED) is 0.915. The predicted molar refractivity (Wildman–Crippen MR) is 91.7 cm³/mol. The smallest absolute Gasteiger partial charge is 0.321 e. The number of anilines is 1. The van der Waals surface area contributed by atoms with Gasteiger partial charge in [0.25, 0.3) is 0 Å². The van der Waals surface area contributed by atoms with Gasteiger partial charge in [-0.25, -0.2) is 4.79 Å². The molecule has 1 N–H and O–H groups in total. The highest BCUT2D eigenvalue weighted by atomic mass is 16.7. The van der Waals surface area contributed by atoms with E-state index >= 15 is 0 Å². The number of carbonyl (C=O) groups is 1. The highest BCUT2D eigenvalue weighted by Gasteiger charge is 2.28. The Morgan fingerprint density at radius 2 is 1.92 bits per heavy atom. The van der Waals surface area contributed by atoms with E-state index in [2.05, 4.69) is 11.4 Å². The van der Waals surface area contributed by atoms with Crippen LogP contribution in [0.3, 0.4) is 0 Å². The fraction of sp³-hybridized carbons (Fsp3) is 0.316. The second-order valence-corrected chi connectivity index (χ2v) is 6.34. The molecule has 2 heterocycles. The lowest BCUT2D eigenvalue weighted by Crippen LogP contribution is -2.32. The van der Waals surface area contributed by atoms with Crippen molar-refractivity contribution in [3.63, 3.8) is 0 Å². The molecule has 2 aliphatic rings. The van der Waals surface area contributed by atoms with E-state index in [-0.39, 0.29) is 12.8 Å². The van der Waals surface area contributed by atoms with Crippen LogP contribution in [0.2, 0.25) is 0 Å². The lowest BCUT2D eigenvalue weighted by atomic mass is 9.98. The second kappa shape index (κ2) is 6.07. The van der Waals surface area contributed by atoms with Gasteiger partial charge in [0, 0.05) is 24.7 Å². The molecule has 2 aromatic rings. The van der Waals surface area contributed by atoms with E-state index in [0.717, 1.165) is 36.7 Å². The number of amides is 2. The zero-order chi connectivity index (χ0) is 16.5. The highest BCUT2D eigenvalue weighted by molar-refractivity contribution is 5.89. The van der Waals surface area contributed by atoms with Crippen molar-refractivity contribution >= 4 is 11.7 Å². The summed E-state index contributed by atoms with van der Waals surface area (Å²) in [7, 11) is 0. The predicted octanol–water partition coefficient (Wildman–Crippen LogP) is 3.75. The van der Waals surface area contributed by atoms with Crippen LogP contribution in [-0.4, -0.2) is 30.8 Å². The maximum absolute atomic E-state index is 12.4. The van der Waals surface area contributed by atoms with Crippen LogP contribution in [0.15, 0.2) is 42.5 Å². The molecule has 1 saturated heterocycles. The number of nitrogens with zero attached hydrogens (tertiary/aromatic N) is 1. The molecular formula is C19H20N2O3. The average Bonchev–Trinajstić information content (AvgIpc) is 3.25. The molecule has 2 aliphatic heterocycles. The summed E-state index contributed by atoms with van der Waals surface area (Å²) in [5.41, 5.74) is 3.21. The molecule has 0 aromatic heterocycles. The maximum Gasteiger partial charge on any atom is 0.321 e. The van der Waals surface area contributed by atoms with Gasteiger partial charge in [0.1, 0.15) is 0 Å². The van der Waals surface area contributed by atoms with Gasteiger partial charge < -0.3 is 19.7 Å². The van der Waals surface area contributed by atoms with Crippen molar-refractivity contribution in [3.05, 3.63) is 53.6 Å². The van der Waals surface area contributed by atoms with Crippen molar-refractivity contribution in [2.24, 2.45) is 0 Å². The lowest BCUT2D eigenvalue weighted by molar-refractivity contribution is 0.174. The molecule has 124 valence electrons. The first-order chi connectivity index (χ1) is 11.7. The summed E-state index contributed by atoms with van der Waals surface area (Å²) >= 11 is 0. The van der Waals surface area contributed by atoms with Crippen LogP contribution in [0.25, 0.3) is 0 Å². The number of ether oxygens (including phenoxy) is 2. The molecule has 4 rings (SSSR count). The van der Waals surface area contributed by atoms with Gasteiger partial charge in [-0.3, -0.25) is 0 Å². The number of aryl methyl sites for hydroxylation is 1. The monoisotopic (exact) mass is 324 g/mol. The van der Waals surface area contributed by atoms with Crippen LogP contribution >= 0.6 is 0 Å². The normalized spacial score (nSPS) is 18.7. The topological polar surface area (TPSA) is 50.8 Å². The van der Waals surface area contributed by atoms with Crippen LogP contribution in [-0.2, 0) is 0 Å². The summed E-state index contributed by atoms with van der Waals surface area (Å²) in [5.74, 6) is 1.93. The Hall–Kier alpha value is -2.69. The first-order valence-electron chi connectivity index (χ1n) is 8.21. The summed E-state index contributed by atoms with van der Waals surface area (Å²) < 4.78 is 10.8. The Kier molecular flexibility index (Phi) is 3.76. The lowest BCUT2D eigenvalue weighted by Gasteiger charge is -2.18. The molecule has 2 amide bonds. The summed E-state index contributed by atoms with van der Waals surface area (Å²) in [6.45, 7) is 3.80. The first-order valence-corrected chi connectivity index (χ1v) is 8.21. The molecule has 1 unspecified atom stereocenters. The van der Waals surface area contributed by atoms with Crippen LogP contribution in [0.4, 0.5) is 10.5 Å². The van der Waals surface area contributed by atoms with E-state index < -0.39 is 0 Å². The average molecular weight is 324 g/mol. The van der Waals surface area contributed by atoms with Crippen molar-refractivity contribution < 1.29 is 14.3 Å². The number of benzene rings is 2. The third-order valence-electron chi connectivity index (χ3n) is 4.65. The molecule has 24 heavy (non-hydrogen) atoms. The number of carbonyl (C=O) groups excluding carboxylic acids is 1. The van der Waals surface area contributed by atoms with Gasteiger partial charge in [-0.15, -0.1) is 0 Å². The third-order valence-corrected chi connectivity index (χ3v) is 4.65. The Balaban J connectivity index is 1.40. The number of urea groups is 1. The second-order valence-electron chi connectivity index (χ2n) is 6.34. The van der Waals surface area contributed by atoms with Crippen molar-refractivity contribution in [2.75, 3.05) is 25.2 Å². The van der Waals surface area contributed by atoms with Gasteiger partial charge in [-0.1, -0.05) is 23.8 Å². The van der Waals surface area contributed by atoms with Gasteiger partial charge >= 0.3 is 6.03 Å². The van der Waals surface area contributed by atoms with E-state index in [9.17, 15) is 4.79 Å². The molecule has 0 bridgehead atoms. The highest BCUT2D eigenvalue weighted by Crippen LogP contribution is 2.37. The van der Waals surface area contributed by atoms with E-state index in [4.69, 9.17) is 9.47 Å². The molecular weight excluding hydrogens is 304 g/mol. The summed E-state index contributed by atoms with van der Waals surface area (Å²) in [6.07, 6.45) is 0.959. The Bertz CT molecular complexity index is 758. The maximum atomic E-state index is 12.4. The SMILES string of the molecule is Cc1ccc(NC(=O)N2CCC(c3ccc4c(c3)OCO4)C2)cc1. The van der Waals surface area contributed by atoms with Crippen molar-refractivity contribution in [1.29, 1.82) is 0 Å².